The molecule has 7 heteroatoms. The molecular formula is C22H29N3O3S. The molecule has 0 spiro atoms. The van der Waals surface area contributed by atoms with E-state index in [0.717, 1.165) is 31.2 Å². The van der Waals surface area contributed by atoms with Gasteiger partial charge in [0.25, 0.3) is 5.91 Å². The van der Waals surface area contributed by atoms with Crippen LogP contribution in [0.15, 0.2) is 53.7 Å². The Balaban J connectivity index is 1.94. The number of carbonyl (C=O) groups excluding carboxylic acids is 1. The second-order valence-electron chi connectivity index (χ2n) is 7.26. The Morgan fingerprint density at radius 1 is 1.10 bits per heavy atom. The Hall–Kier alpha value is -2.25. The molecule has 0 aliphatic carbocycles. The van der Waals surface area contributed by atoms with Gasteiger partial charge in [-0.2, -0.15) is 4.31 Å². The lowest BCUT2D eigenvalue weighted by molar-refractivity contribution is 0.0680. The van der Waals surface area contributed by atoms with Crippen molar-refractivity contribution < 1.29 is 13.2 Å². The van der Waals surface area contributed by atoms with Crippen LogP contribution in [0.25, 0.3) is 0 Å². The Labute approximate surface area is 173 Å². The van der Waals surface area contributed by atoms with E-state index in [9.17, 15) is 13.2 Å². The quantitative estimate of drug-likeness (QED) is 0.718. The molecule has 1 aromatic heterocycles. The topological polar surface area (TPSA) is 70.6 Å². The van der Waals surface area contributed by atoms with Crippen LogP contribution in [0.1, 0.15) is 61.5 Å². The molecule has 156 valence electrons. The number of rotatable bonds is 6. The normalized spacial score (nSPS) is 17.9. The molecular weight excluding hydrogens is 386 g/mol. The van der Waals surface area contributed by atoms with Gasteiger partial charge in [0.1, 0.15) is 0 Å². The van der Waals surface area contributed by atoms with Crippen LogP contribution in [0, 0.1) is 0 Å². The summed E-state index contributed by atoms with van der Waals surface area (Å²) in [5.74, 6) is -0.120. The van der Waals surface area contributed by atoms with E-state index >= 15 is 0 Å². The smallest absolute Gasteiger partial charge is 0.254 e. The van der Waals surface area contributed by atoms with Crippen molar-refractivity contribution in [2.24, 2.45) is 0 Å². The second-order valence-corrected chi connectivity index (χ2v) is 9.20. The molecule has 0 saturated carbocycles. The predicted molar refractivity (Wildman–Crippen MR) is 113 cm³/mol. The number of sulfonamides is 1. The molecule has 1 aromatic carbocycles. The van der Waals surface area contributed by atoms with Crippen LogP contribution in [0.3, 0.4) is 0 Å². The third-order valence-corrected chi connectivity index (χ3v) is 7.57. The van der Waals surface area contributed by atoms with E-state index in [2.05, 4.69) is 4.98 Å². The van der Waals surface area contributed by atoms with E-state index in [1.165, 1.54) is 10.4 Å². The van der Waals surface area contributed by atoms with E-state index in [-0.39, 0.29) is 16.8 Å². The molecule has 2 aromatic rings. The van der Waals surface area contributed by atoms with Gasteiger partial charge < -0.3 is 4.90 Å². The molecule has 1 atom stereocenters. The highest BCUT2D eigenvalue weighted by Gasteiger charge is 2.29. The molecule has 1 aliphatic rings. The lowest BCUT2D eigenvalue weighted by atomic mass is 10.0. The first-order valence-corrected chi connectivity index (χ1v) is 11.7. The van der Waals surface area contributed by atoms with Crippen LogP contribution in [0.2, 0.25) is 0 Å². The van der Waals surface area contributed by atoms with Crippen molar-refractivity contribution in [1.29, 1.82) is 0 Å². The SMILES string of the molecule is CCN(CC)S(=O)(=O)c1cccc(C(=O)N2CCCCCC2c2ccncc2)c1. The Kier molecular flexibility index (Phi) is 7.03. The first-order valence-electron chi connectivity index (χ1n) is 10.3. The van der Waals surface area contributed by atoms with Crippen molar-refractivity contribution in [2.75, 3.05) is 19.6 Å². The Bertz CT molecular complexity index is 927. The van der Waals surface area contributed by atoms with Crippen LogP contribution in [0.4, 0.5) is 0 Å². The van der Waals surface area contributed by atoms with Crippen LogP contribution < -0.4 is 0 Å². The van der Waals surface area contributed by atoms with E-state index in [1.807, 2.05) is 30.9 Å². The number of nitrogens with zero attached hydrogens (tertiary/aromatic N) is 3. The van der Waals surface area contributed by atoms with Crippen molar-refractivity contribution in [3.8, 4) is 0 Å². The zero-order valence-electron chi connectivity index (χ0n) is 17.1. The lowest BCUT2D eigenvalue weighted by Gasteiger charge is -2.30. The first-order chi connectivity index (χ1) is 14.0. The fourth-order valence-electron chi connectivity index (χ4n) is 3.95. The summed E-state index contributed by atoms with van der Waals surface area (Å²) in [5.41, 5.74) is 1.49. The predicted octanol–water partition coefficient (Wildman–Crippen LogP) is 3.87. The fourth-order valence-corrected chi connectivity index (χ4v) is 5.46. The highest BCUT2D eigenvalue weighted by molar-refractivity contribution is 7.89. The minimum absolute atomic E-state index is 0.0176. The van der Waals surface area contributed by atoms with Crippen molar-refractivity contribution in [2.45, 2.75) is 50.5 Å². The van der Waals surface area contributed by atoms with Gasteiger partial charge in [-0.3, -0.25) is 9.78 Å². The van der Waals surface area contributed by atoms with Crippen LogP contribution in [-0.2, 0) is 10.0 Å². The monoisotopic (exact) mass is 415 g/mol. The van der Waals surface area contributed by atoms with Gasteiger partial charge in [-0.15, -0.1) is 0 Å². The third kappa shape index (κ3) is 4.67. The number of hydrogen-bond donors (Lipinski definition) is 0. The maximum Gasteiger partial charge on any atom is 0.254 e. The summed E-state index contributed by atoms with van der Waals surface area (Å²) in [4.78, 5) is 19.6. The maximum atomic E-state index is 13.4. The summed E-state index contributed by atoms with van der Waals surface area (Å²) in [6.45, 7) is 5.08. The number of carbonyl (C=O) groups is 1. The molecule has 3 rings (SSSR count). The van der Waals surface area contributed by atoms with Crippen LogP contribution in [-0.4, -0.2) is 48.1 Å². The average molecular weight is 416 g/mol. The Morgan fingerprint density at radius 3 is 2.52 bits per heavy atom. The highest BCUT2D eigenvalue weighted by Crippen LogP contribution is 2.31. The molecule has 0 radical (unpaired) electrons. The largest absolute Gasteiger partial charge is 0.332 e. The van der Waals surface area contributed by atoms with E-state index in [0.29, 0.717) is 25.2 Å². The number of hydrogen-bond acceptors (Lipinski definition) is 4. The van der Waals surface area contributed by atoms with Crippen molar-refractivity contribution in [1.82, 2.24) is 14.2 Å². The second kappa shape index (κ2) is 9.50. The van der Waals surface area contributed by atoms with Gasteiger partial charge >= 0.3 is 0 Å². The summed E-state index contributed by atoms with van der Waals surface area (Å²) in [6, 6.07) is 10.3. The maximum absolute atomic E-state index is 13.4. The third-order valence-electron chi connectivity index (χ3n) is 5.53. The van der Waals surface area contributed by atoms with Gasteiger partial charge in [0.2, 0.25) is 10.0 Å². The summed E-state index contributed by atoms with van der Waals surface area (Å²) in [6.07, 6.45) is 7.49. The zero-order chi connectivity index (χ0) is 20.9. The molecule has 6 nitrogen and oxygen atoms in total. The van der Waals surface area contributed by atoms with Crippen LogP contribution in [0.5, 0.6) is 0 Å². The van der Waals surface area contributed by atoms with Crippen LogP contribution >= 0.6 is 0 Å². The number of benzene rings is 1. The van der Waals surface area contributed by atoms with Crippen molar-refractivity contribution in [3.05, 3.63) is 59.9 Å². The summed E-state index contributed by atoms with van der Waals surface area (Å²) in [7, 11) is -3.61. The molecule has 1 saturated heterocycles. The van der Waals surface area contributed by atoms with Gasteiger partial charge in [-0.05, 0) is 48.7 Å². The van der Waals surface area contributed by atoms with Crippen molar-refractivity contribution in [3.63, 3.8) is 0 Å². The molecule has 0 bridgehead atoms. The summed E-state index contributed by atoms with van der Waals surface area (Å²) < 4.78 is 27.2. The van der Waals surface area contributed by atoms with E-state index in [4.69, 9.17) is 0 Å². The summed E-state index contributed by atoms with van der Waals surface area (Å²) in [5, 5.41) is 0. The molecule has 2 heterocycles. The molecule has 0 N–H and O–H groups in total. The number of likely N-dealkylation sites (tertiary alicyclic amines) is 1. The standard InChI is InChI=1S/C22H29N3O3S/c1-3-24(4-2)29(27,28)20-10-8-9-19(17-20)22(26)25-16-7-5-6-11-21(25)18-12-14-23-15-13-18/h8-10,12-15,17,21H,3-7,11,16H2,1-2H3. The van der Waals surface area contributed by atoms with E-state index < -0.39 is 10.0 Å². The Morgan fingerprint density at radius 2 is 1.83 bits per heavy atom. The molecule has 1 fully saturated rings. The average Bonchev–Trinajstić information content (AvgIpc) is 3.01. The summed E-state index contributed by atoms with van der Waals surface area (Å²) >= 11 is 0. The number of amides is 1. The molecule has 1 aliphatic heterocycles. The molecule has 29 heavy (non-hydrogen) atoms. The molecule has 1 unspecified atom stereocenters. The number of pyridine rings is 1. The molecule has 1 amide bonds. The van der Waals surface area contributed by atoms with Gasteiger partial charge in [-0.1, -0.05) is 32.8 Å². The minimum atomic E-state index is -3.61. The fraction of sp³-hybridized carbons (Fsp3) is 0.455. The highest BCUT2D eigenvalue weighted by atomic mass is 32.2. The van der Waals surface area contributed by atoms with Gasteiger partial charge in [0, 0.05) is 37.6 Å². The minimum Gasteiger partial charge on any atom is -0.332 e. The van der Waals surface area contributed by atoms with E-state index in [1.54, 1.807) is 30.6 Å². The lowest BCUT2D eigenvalue weighted by Crippen LogP contribution is -2.35. The van der Waals surface area contributed by atoms with Gasteiger partial charge in [0.15, 0.2) is 0 Å². The first kappa shape index (κ1) is 21.5. The zero-order valence-corrected chi connectivity index (χ0v) is 17.9. The van der Waals surface area contributed by atoms with Gasteiger partial charge in [-0.25, -0.2) is 8.42 Å². The van der Waals surface area contributed by atoms with Crippen molar-refractivity contribution >= 4 is 15.9 Å². The van der Waals surface area contributed by atoms with Gasteiger partial charge in [0.05, 0.1) is 10.9 Å². The number of aromatic nitrogens is 1.